The summed E-state index contributed by atoms with van der Waals surface area (Å²) < 4.78 is 10.6. The van der Waals surface area contributed by atoms with Gasteiger partial charge in [0.25, 0.3) is 23.2 Å². The second-order valence-corrected chi connectivity index (χ2v) is 7.38. The number of nitrogens with zero attached hydrogens (tertiary/aromatic N) is 4. The molecule has 1 heterocycles. The van der Waals surface area contributed by atoms with E-state index in [0.29, 0.717) is 11.3 Å². The zero-order valence-electron chi connectivity index (χ0n) is 18.9. The topological polar surface area (TPSA) is 193 Å². The molecule has 186 valence electrons. The third-order valence-corrected chi connectivity index (χ3v) is 4.95. The first-order valence-electron chi connectivity index (χ1n) is 10.4. The van der Waals surface area contributed by atoms with Gasteiger partial charge in [0, 0.05) is 28.9 Å². The third-order valence-electron chi connectivity index (χ3n) is 4.95. The number of anilines is 2. The molecular weight excluding hydrogens is 488 g/mol. The first-order valence-corrected chi connectivity index (χ1v) is 10.4. The van der Waals surface area contributed by atoms with Gasteiger partial charge >= 0.3 is 6.01 Å². The third kappa shape index (κ3) is 5.71. The van der Waals surface area contributed by atoms with Crippen LogP contribution in [0.1, 0.15) is 20.7 Å². The average Bonchev–Trinajstić information content (AvgIpc) is 3.37. The molecule has 0 saturated heterocycles. The molecular formula is C23H16N6O8. The van der Waals surface area contributed by atoms with Gasteiger partial charge in [-0.1, -0.05) is 11.2 Å². The second kappa shape index (κ2) is 10.3. The average molecular weight is 504 g/mol. The minimum Gasteiger partial charge on any atom is -0.497 e. The number of carbonyl (C=O) groups excluding carboxylic acids is 2. The fraction of sp³-hybridized carbons (Fsp3) is 0.0435. The van der Waals surface area contributed by atoms with Gasteiger partial charge in [0.2, 0.25) is 5.89 Å². The lowest BCUT2D eigenvalue weighted by Crippen LogP contribution is -2.15. The summed E-state index contributed by atoms with van der Waals surface area (Å²) in [6.45, 7) is 0. The van der Waals surface area contributed by atoms with Crippen molar-refractivity contribution in [1.29, 1.82) is 0 Å². The highest BCUT2D eigenvalue weighted by Gasteiger charge is 2.20. The standard InChI is InChI=1S/C23H16N6O8/c1-36-19-7-5-13(6-8-19)22-26-27-23(37-22)25-20(30)14-3-2-4-16(9-14)24-21(31)15-10-17(28(32)33)12-18(11-15)29(34)35/h2-12H,1H3,(H,24,31)(H,25,27,30). The Hall–Kier alpha value is -5.66. The van der Waals surface area contributed by atoms with E-state index in [1.54, 1.807) is 24.3 Å². The van der Waals surface area contributed by atoms with Gasteiger partial charge in [-0.05, 0) is 42.5 Å². The maximum atomic E-state index is 12.7. The Balaban J connectivity index is 1.47. The number of ether oxygens (including phenoxy) is 1. The quantitative estimate of drug-likeness (QED) is 0.261. The summed E-state index contributed by atoms with van der Waals surface area (Å²) in [5.74, 6) is -0.644. The predicted octanol–water partition coefficient (Wildman–Crippen LogP) is 4.07. The van der Waals surface area contributed by atoms with Crippen molar-refractivity contribution in [3.63, 3.8) is 0 Å². The number of aromatic nitrogens is 2. The van der Waals surface area contributed by atoms with Crippen molar-refractivity contribution in [1.82, 2.24) is 10.2 Å². The van der Waals surface area contributed by atoms with Crippen LogP contribution in [0.15, 0.2) is 71.1 Å². The molecule has 4 rings (SSSR count). The summed E-state index contributed by atoms with van der Waals surface area (Å²) in [5, 5.41) is 34.7. The van der Waals surface area contributed by atoms with Crippen molar-refractivity contribution in [2.45, 2.75) is 0 Å². The van der Waals surface area contributed by atoms with Gasteiger partial charge in [-0.15, -0.1) is 5.10 Å². The van der Waals surface area contributed by atoms with Crippen LogP contribution in [0.3, 0.4) is 0 Å². The van der Waals surface area contributed by atoms with E-state index < -0.39 is 33.0 Å². The zero-order chi connectivity index (χ0) is 26.5. The highest BCUT2D eigenvalue weighted by molar-refractivity contribution is 6.07. The summed E-state index contributed by atoms with van der Waals surface area (Å²) in [6, 6.07) is 15.0. The van der Waals surface area contributed by atoms with E-state index in [4.69, 9.17) is 9.15 Å². The predicted molar refractivity (Wildman–Crippen MR) is 128 cm³/mol. The van der Waals surface area contributed by atoms with Gasteiger partial charge in [0.1, 0.15) is 5.75 Å². The number of hydrogen-bond donors (Lipinski definition) is 2. The number of benzene rings is 3. The van der Waals surface area contributed by atoms with Crippen LogP contribution in [-0.4, -0.2) is 39.0 Å². The molecule has 0 saturated carbocycles. The van der Waals surface area contributed by atoms with Gasteiger partial charge in [-0.25, -0.2) is 0 Å². The monoisotopic (exact) mass is 504 g/mol. The molecule has 0 unspecified atom stereocenters. The molecule has 1 aromatic heterocycles. The van der Waals surface area contributed by atoms with Crippen LogP contribution in [0.5, 0.6) is 5.75 Å². The van der Waals surface area contributed by atoms with Gasteiger partial charge < -0.3 is 14.5 Å². The summed E-state index contributed by atoms with van der Waals surface area (Å²) in [6.07, 6.45) is 0. The summed E-state index contributed by atoms with van der Waals surface area (Å²) in [7, 11) is 1.54. The number of nitro groups is 2. The van der Waals surface area contributed by atoms with Crippen LogP contribution in [0.25, 0.3) is 11.5 Å². The molecule has 37 heavy (non-hydrogen) atoms. The highest BCUT2D eigenvalue weighted by Crippen LogP contribution is 2.25. The molecule has 0 spiro atoms. The molecule has 0 aliphatic carbocycles. The van der Waals surface area contributed by atoms with Crippen molar-refractivity contribution in [2.24, 2.45) is 0 Å². The number of nitrogens with one attached hydrogen (secondary N) is 2. The molecule has 2 N–H and O–H groups in total. The molecule has 0 aliphatic rings. The number of rotatable bonds is 8. The molecule has 2 amide bonds. The fourth-order valence-electron chi connectivity index (χ4n) is 3.17. The van der Waals surface area contributed by atoms with Crippen LogP contribution in [-0.2, 0) is 0 Å². The molecule has 0 aliphatic heterocycles. The Morgan fingerprint density at radius 1 is 0.838 bits per heavy atom. The Bertz CT molecular complexity index is 1480. The first-order chi connectivity index (χ1) is 17.7. The molecule has 0 fully saturated rings. The Morgan fingerprint density at radius 2 is 1.49 bits per heavy atom. The van der Waals surface area contributed by atoms with Gasteiger partial charge in [0.05, 0.1) is 28.6 Å². The van der Waals surface area contributed by atoms with Crippen LogP contribution < -0.4 is 15.4 Å². The molecule has 3 aromatic carbocycles. The maximum Gasteiger partial charge on any atom is 0.322 e. The lowest BCUT2D eigenvalue weighted by atomic mass is 10.1. The Labute approximate surface area is 207 Å². The molecule has 0 radical (unpaired) electrons. The van der Waals surface area contributed by atoms with E-state index in [2.05, 4.69) is 20.8 Å². The maximum absolute atomic E-state index is 12.7. The second-order valence-electron chi connectivity index (χ2n) is 7.38. The SMILES string of the molecule is COc1ccc(-c2nnc(NC(=O)c3cccc(NC(=O)c4cc([N+](=O)[O-])cc([N+](=O)[O-])c4)c3)o2)cc1. The molecule has 14 heteroatoms. The van der Waals surface area contributed by atoms with Gasteiger partial charge in [-0.2, -0.15) is 0 Å². The van der Waals surface area contributed by atoms with Crippen molar-refractivity contribution >= 4 is 34.9 Å². The first kappa shape index (κ1) is 24.5. The van der Waals surface area contributed by atoms with Crippen molar-refractivity contribution in [3.05, 3.63) is 98.1 Å². The van der Waals surface area contributed by atoms with E-state index in [-0.39, 0.29) is 28.7 Å². The number of nitro benzene ring substituents is 2. The fourth-order valence-corrected chi connectivity index (χ4v) is 3.17. The number of carbonyl (C=O) groups is 2. The number of non-ortho nitro benzene ring substituents is 2. The van der Waals surface area contributed by atoms with E-state index in [9.17, 15) is 29.8 Å². The summed E-state index contributed by atoms with van der Waals surface area (Å²) in [5.41, 5.74) is -0.627. The van der Waals surface area contributed by atoms with Crippen molar-refractivity contribution in [2.75, 3.05) is 17.7 Å². The lowest BCUT2D eigenvalue weighted by molar-refractivity contribution is -0.394. The Kier molecular flexibility index (Phi) is 6.81. The Morgan fingerprint density at radius 3 is 2.11 bits per heavy atom. The molecule has 14 nitrogen and oxygen atoms in total. The number of methoxy groups -OCH3 is 1. The van der Waals surface area contributed by atoms with Gasteiger partial charge in [-0.3, -0.25) is 35.1 Å². The lowest BCUT2D eigenvalue weighted by Gasteiger charge is -2.07. The number of amides is 2. The largest absolute Gasteiger partial charge is 0.497 e. The minimum atomic E-state index is -0.842. The molecule has 4 aromatic rings. The van der Waals surface area contributed by atoms with E-state index in [0.717, 1.165) is 18.2 Å². The van der Waals surface area contributed by atoms with E-state index >= 15 is 0 Å². The van der Waals surface area contributed by atoms with Crippen LogP contribution in [0, 0.1) is 20.2 Å². The minimum absolute atomic E-state index is 0.118. The normalized spacial score (nSPS) is 10.4. The highest BCUT2D eigenvalue weighted by atomic mass is 16.6. The smallest absolute Gasteiger partial charge is 0.322 e. The van der Waals surface area contributed by atoms with Crippen LogP contribution in [0.4, 0.5) is 23.1 Å². The molecule has 0 bridgehead atoms. The van der Waals surface area contributed by atoms with Crippen LogP contribution in [0.2, 0.25) is 0 Å². The van der Waals surface area contributed by atoms with Gasteiger partial charge in [0.15, 0.2) is 0 Å². The van der Waals surface area contributed by atoms with E-state index in [1.807, 2.05) is 0 Å². The van der Waals surface area contributed by atoms with Crippen molar-refractivity contribution < 1.29 is 28.6 Å². The number of hydrogen-bond acceptors (Lipinski definition) is 10. The zero-order valence-corrected chi connectivity index (χ0v) is 18.9. The van der Waals surface area contributed by atoms with Crippen LogP contribution >= 0.6 is 0 Å². The summed E-state index contributed by atoms with van der Waals surface area (Å²) in [4.78, 5) is 45.7. The van der Waals surface area contributed by atoms with Crippen molar-refractivity contribution in [3.8, 4) is 17.2 Å². The summed E-state index contributed by atoms with van der Waals surface area (Å²) >= 11 is 0. The molecule has 0 atom stereocenters. The van der Waals surface area contributed by atoms with E-state index in [1.165, 1.54) is 31.4 Å².